The lowest BCUT2D eigenvalue weighted by molar-refractivity contribution is 0.669. The number of para-hydroxylation sites is 1. The Hall–Kier alpha value is -6.38. The second-order valence-electron chi connectivity index (χ2n) is 12.1. The van der Waals surface area contributed by atoms with Crippen molar-refractivity contribution in [3.05, 3.63) is 188 Å². The highest BCUT2D eigenvalue weighted by molar-refractivity contribution is 6.12. The van der Waals surface area contributed by atoms with E-state index in [2.05, 4.69) is 181 Å². The Kier molecular flexibility index (Phi) is 6.84. The Labute approximate surface area is 279 Å². The normalized spacial score (nSPS) is 11.3. The summed E-state index contributed by atoms with van der Waals surface area (Å²) in [6.45, 7) is 0. The van der Waals surface area contributed by atoms with Crippen molar-refractivity contribution in [1.82, 2.24) is 0 Å². The molecule has 9 rings (SSSR count). The van der Waals surface area contributed by atoms with Crippen molar-refractivity contribution < 1.29 is 4.42 Å². The molecule has 8 aromatic carbocycles. The fourth-order valence-electron chi connectivity index (χ4n) is 6.98. The molecule has 2 heteroatoms. The molecule has 0 fully saturated rings. The zero-order valence-electron chi connectivity index (χ0n) is 26.3. The fourth-order valence-corrected chi connectivity index (χ4v) is 6.98. The standard InChI is InChI=1S/C46H31NO/c1-2-11-32(12-3-1)33-23-27-37(28-24-33)47(39-16-8-15-36(31-39)41-19-9-14-34-13-4-5-17-40(34)41)38-29-25-35(26-30-38)42-20-10-22-45-46(42)43-18-6-7-21-44(43)48-45/h1-31H. The third-order valence-electron chi connectivity index (χ3n) is 9.28. The second kappa shape index (κ2) is 11.8. The van der Waals surface area contributed by atoms with E-state index in [0.717, 1.165) is 44.6 Å². The van der Waals surface area contributed by atoms with E-state index in [4.69, 9.17) is 4.42 Å². The second-order valence-corrected chi connectivity index (χ2v) is 12.1. The quantitative estimate of drug-likeness (QED) is 0.185. The van der Waals surface area contributed by atoms with Gasteiger partial charge < -0.3 is 9.32 Å². The van der Waals surface area contributed by atoms with Gasteiger partial charge in [-0.3, -0.25) is 0 Å². The molecule has 226 valence electrons. The zero-order chi connectivity index (χ0) is 31.9. The number of fused-ring (bicyclic) bond motifs is 4. The Morgan fingerprint density at radius 3 is 1.71 bits per heavy atom. The average Bonchev–Trinajstić information content (AvgIpc) is 3.55. The first-order chi connectivity index (χ1) is 23.8. The molecule has 0 aliphatic heterocycles. The van der Waals surface area contributed by atoms with Crippen molar-refractivity contribution >= 4 is 49.8 Å². The van der Waals surface area contributed by atoms with Gasteiger partial charge in [0.15, 0.2) is 0 Å². The highest BCUT2D eigenvalue weighted by Gasteiger charge is 2.16. The van der Waals surface area contributed by atoms with Gasteiger partial charge in [0.2, 0.25) is 0 Å². The molecule has 0 bridgehead atoms. The van der Waals surface area contributed by atoms with Crippen molar-refractivity contribution in [3.8, 4) is 33.4 Å². The molecule has 0 aliphatic carbocycles. The third-order valence-corrected chi connectivity index (χ3v) is 9.28. The van der Waals surface area contributed by atoms with Crippen LogP contribution >= 0.6 is 0 Å². The van der Waals surface area contributed by atoms with Crippen LogP contribution in [0.1, 0.15) is 0 Å². The number of hydrogen-bond donors (Lipinski definition) is 0. The van der Waals surface area contributed by atoms with Gasteiger partial charge in [0.05, 0.1) is 0 Å². The van der Waals surface area contributed by atoms with Gasteiger partial charge >= 0.3 is 0 Å². The Morgan fingerprint density at radius 2 is 0.896 bits per heavy atom. The summed E-state index contributed by atoms with van der Waals surface area (Å²) in [5.74, 6) is 0. The summed E-state index contributed by atoms with van der Waals surface area (Å²) in [5, 5.41) is 4.78. The maximum atomic E-state index is 6.20. The number of nitrogens with zero attached hydrogens (tertiary/aromatic N) is 1. The van der Waals surface area contributed by atoms with E-state index in [0.29, 0.717) is 0 Å². The summed E-state index contributed by atoms with van der Waals surface area (Å²) in [6, 6.07) is 66.9. The first-order valence-corrected chi connectivity index (χ1v) is 16.3. The highest BCUT2D eigenvalue weighted by Crippen LogP contribution is 2.41. The minimum absolute atomic E-state index is 0.906. The van der Waals surface area contributed by atoms with Crippen LogP contribution < -0.4 is 4.90 Å². The first kappa shape index (κ1) is 27.9. The molecule has 2 nitrogen and oxygen atoms in total. The summed E-state index contributed by atoms with van der Waals surface area (Å²) in [6.07, 6.45) is 0. The van der Waals surface area contributed by atoms with Crippen molar-refractivity contribution in [2.75, 3.05) is 4.90 Å². The zero-order valence-corrected chi connectivity index (χ0v) is 26.3. The van der Waals surface area contributed by atoms with Gasteiger partial charge in [-0.2, -0.15) is 0 Å². The molecule has 48 heavy (non-hydrogen) atoms. The monoisotopic (exact) mass is 613 g/mol. The molecule has 0 radical (unpaired) electrons. The molecule has 0 spiro atoms. The average molecular weight is 614 g/mol. The van der Waals surface area contributed by atoms with E-state index in [1.807, 2.05) is 12.1 Å². The van der Waals surface area contributed by atoms with Gasteiger partial charge in [0.25, 0.3) is 0 Å². The molecule has 0 aliphatic rings. The van der Waals surface area contributed by atoms with Crippen LogP contribution in [0.15, 0.2) is 192 Å². The summed E-state index contributed by atoms with van der Waals surface area (Å²) in [5.41, 5.74) is 12.2. The van der Waals surface area contributed by atoms with Gasteiger partial charge in [-0.15, -0.1) is 0 Å². The van der Waals surface area contributed by atoms with Gasteiger partial charge in [-0.25, -0.2) is 0 Å². The van der Waals surface area contributed by atoms with Crippen LogP contribution in [0.3, 0.4) is 0 Å². The van der Waals surface area contributed by atoms with E-state index < -0.39 is 0 Å². The van der Waals surface area contributed by atoms with Crippen LogP contribution in [0.25, 0.3) is 66.1 Å². The van der Waals surface area contributed by atoms with Crippen LogP contribution in [0.5, 0.6) is 0 Å². The highest BCUT2D eigenvalue weighted by atomic mass is 16.3. The molecule has 9 aromatic rings. The Bertz CT molecular complexity index is 2540. The molecule has 0 saturated carbocycles. The van der Waals surface area contributed by atoms with E-state index >= 15 is 0 Å². The summed E-state index contributed by atoms with van der Waals surface area (Å²) in [7, 11) is 0. The molecular formula is C46H31NO. The SMILES string of the molecule is c1ccc(-c2ccc(N(c3ccc(-c4cccc5oc6ccccc6c45)cc3)c3cccc(-c4cccc5ccccc45)c3)cc2)cc1. The molecule has 0 saturated heterocycles. The van der Waals surface area contributed by atoms with Crippen LogP contribution in [0.2, 0.25) is 0 Å². The molecule has 0 atom stereocenters. The predicted molar refractivity (Wildman–Crippen MR) is 202 cm³/mol. The molecular weight excluding hydrogens is 583 g/mol. The van der Waals surface area contributed by atoms with Gasteiger partial charge in [0.1, 0.15) is 11.2 Å². The van der Waals surface area contributed by atoms with Crippen molar-refractivity contribution in [1.29, 1.82) is 0 Å². The van der Waals surface area contributed by atoms with Gasteiger partial charge in [-0.05, 0) is 92.7 Å². The van der Waals surface area contributed by atoms with Crippen molar-refractivity contribution in [2.45, 2.75) is 0 Å². The third kappa shape index (κ3) is 4.92. The first-order valence-electron chi connectivity index (χ1n) is 16.3. The van der Waals surface area contributed by atoms with Crippen LogP contribution in [0.4, 0.5) is 17.1 Å². The fraction of sp³-hybridized carbons (Fsp3) is 0. The van der Waals surface area contributed by atoms with Crippen molar-refractivity contribution in [3.63, 3.8) is 0 Å². The molecule has 1 heterocycles. The maximum Gasteiger partial charge on any atom is 0.136 e. The van der Waals surface area contributed by atoms with Crippen LogP contribution in [-0.2, 0) is 0 Å². The van der Waals surface area contributed by atoms with Crippen LogP contribution in [-0.4, -0.2) is 0 Å². The minimum Gasteiger partial charge on any atom is -0.456 e. The Balaban J connectivity index is 1.16. The van der Waals surface area contributed by atoms with Gasteiger partial charge in [-0.1, -0.05) is 140 Å². The number of rotatable bonds is 6. The topological polar surface area (TPSA) is 16.4 Å². The lowest BCUT2D eigenvalue weighted by Crippen LogP contribution is -2.10. The van der Waals surface area contributed by atoms with Gasteiger partial charge in [0, 0.05) is 27.8 Å². The molecule has 1 aromatic heterocycles. The van der Waals surface area contributed by atoms with E-state index in [9.17, 15) is 0 Å². The predicted octanol–water partition coefficient (Wildman–Crippen LogP) is 13.2. The smallest absolute Gasteiger partial charge is 0.136 e. The lowest BCUT2D eigenvalue weighted by Gasteiger charge is -2.26. The molecule has 0 unspecified atom stereocenters. The van der Waals surface area contributed by atoms with E-state index in [1.54, 1.807) is 0 Å². The number of anilines is 3. The van der Waals surface area contributed by atoms with E-state index in [-0.39, 0.29) is 0 Å². The lowest BCUT2D eigenvalue weighted by atomic mass is 9.97. The maximum absolute atomic E-state index is 6.20. The van der Waals surface area contributed by atoms with E-state index in [1.165, 1.54) is 38.6 Å². The summed E-state index contributed by atoms with van der Waals surface area (Å²) >= 11 is 0. The van der Waals surface area contributed by atoms with Crippen LogP contribution in [0, 0.1) is 0 Å². The number of benzene rings is 8. The largest absolute Gasteiger partial charge is 0.456 e. The number of hydrogen-bond acceptors (Lipinski definition) is 2. The minimum atomic E-state index is 0.906. The molecule has 0 N–H and O–H groups in total. The Morgan fingerprint density at radius 1 is 0.333 bits per heavy atom. The molecule has 0 amide bonds. The summed E-state index contributed by atoms with van der Waals surface area (Å²) < 4.78 is 6.20. The summed E-state index contributed by atoms with van der Waals surface area (Å²) in [4.78, 5) is 2.35. The van der Waals surface area contributed by atoms with Crippen molar-refractivity contribution in [2.24, 2.45) is 0 Å². The number of furan rings is 1.